The van der Waals surface area contributed by atoms with Gasteiger partial charge in [-0.25, -0.2) is 4.98 Å². The Morgan fingerprint density at radius 1 is 1.20 bits per heavy atom. The SMILES string of the molecule is CC(C)(C)c1cnc(-c2ccc(C[C@@H](CO)NC(=O)c3ccc(O)c(Cl)c3)cc2)[nH]1. The molecule has 6 nitrogen and oxygen atoms in total. The molecule has 0 spiro atoms. The number of imidazole rings is 1. The third-order valence-corrected chi connectivity index (χ3v) is 5.16. The predicted molar refractivity (Wildman–Crippen MR) is 118 cm³/mol. The molecular formula is C23H26ClN3O3. The van der Waals surface area contributed by atoms with Crippen molar-refractivity contribution in [2.45, 2.75) is 38.6 Å². The van der Waals surface area contributed by atoms with Gasteiger partial charge in [-0.3, -0.25) is 4.79 Å². The molecule has 0 bridgehead atoms. The summed E-state index contributed by atoms with van der Waals surface area (Å²) in [5, 5.41) is 22.1. The number of aromatic hydroxyl groups is 1. The molecule has 1 atom stereocenters. The molecule has 7 heteroatoms. The topological polar surface area (TPSA) is 98.2 Å². The van der Waals surface area contributed by atoms with Crippen LogP contribution in [0.2, 0.25) is 5.02 Å². The van der Waals surface area contributed by atoms with Crippen LogP contribution in [0.15, 0.2) is 48.7 Å². The highest BCUT2D eigenvalue weighted by molar-refractivity contribution is 6.32. The lowest BCUT2D eigenvalue weighted by molar-refractivity contribution is 0.0916. The van der Waals surface area contributed by atoms with E-state index in [9.17, 15) is 15.0 Å². The first kappa shape index (κ1) is 21.9. The van der Waals surface area contributed by atoms with E-state index in [1.807, 2.05) is 30.5 Å². The number of hydrogen-bond acceptors (Lipinski definition) is 4. The van der Waals surface area contributed by atoms with Crippen LogP contribution in [0.4, 0.5) is 0 Å². The molecule has 3 rings (SSSR count). The molecule has 0 unspecified atom stereocenters. The zero-order valence-corrected chi connectivity index (χ0v) is 18.0. The molecule has 1 heterocycles. The zero-order valence-electron chi connectivity index (χ0n) is 17.2. The molecule has 0 aliphatic carbocycles. The zero-order chi connectivity index (χ0) is 21.9. The standard InChI is InChI=1S/C23H26ClN3O3/c1-23(2,3)20-12-25-21(27-20)15-6-4-14(5-7-15)10-17(13-28)26-22(30)16-8-9-19(29)18(24)11-16/h4-9,11-12,17,28-29H,10,13H2,1-3H3,(H,25,27)(H,26,30)/t17-/m0/s1. The molecule has 158 valence electrons. The second-order valence-electron chi connectivity index (χ2n) is 8.32. The number of halogens is 1. The number of rotatable bonds is 6. The molecule has 1 aromatic heterocycles. The predicted octanol–water partition coefficient (Wildman–Crippen LogP) is 4.07. The number of carbonyl (C=O) groups excluding carboxylic acids is 1. The summed E-state index contributed by atoms with van der Waals surface area (Å²) in [7, 11) is 0. The minimum atomic E-state index is -0.452. The summed E-state index contributed by atoms with van der Waals surface area (Å²) >= 11 is 5.86. The second kappa shape index (κ2) is 8.90. The number of aromatic amines is 1. The lowest BCUT2D eigenvalue weighted by Crippen LogP contribution is -2.39. The van der Waals surface area contributed by atoms with E-state index in [1.54, 1.807) is 0 Å². The highest BCUT2D eigenvalue weighted by Crippen LogP contribution is 2.25. The van der Waals surface area contributed by atoms with Gasteiger partial charge in [-0.2, -0.15) is 0 Å². The van der Waals surface area contributed by atoms with Crippen LogP contribution < -0.4 is 5.32 Å². The van der Waals surface area contributed by atoms with Crippen LogP contribution in [0, 0.1) is 0 Å². The normalized spacial score (nSPS) is 12.6. The number of nitrogens with one attached hydrogen (secondary N) is 2. The van der Waals surface area contributed by atoms with Gasteiger partial charge in [0.15, 0.2) is 0 Å². The first-order chi connectivity index (χ1) is 14.2. The van der Waals surface area contributed by atoms with Crippen LogP contribution in [-0.4, -0.2) is 38.7 Å². The van der Waals surface area contributed by atoms with Crippen molar-refractivity contribution in [3.63, 3.8) is 0 Å². The van der Waals surface area contributed by atoms with Gasteiger partial charge in [0.25, 0.3) is 5.91 Å². The molecular weight excluding hydrogens is 402 g/mol. The van der Waals surface area contributed by atoms with Gasteiger partial charge in [0, 0.05) is 28.4 Å². The fraction of sp³-hybridized carbons (Fsp3) is 0.304. The van der Waals surface area contributed by atoms with Crippen molar-refractivity contribution in [3.05, 3.63) is 70.5 Å². The molecule has 1 amide bonds. The minimum Gasteiger partial charge on any atom is -0.506 e. The Morgan fingerprint density at radius 3 is 2.47 bits per heavy atom. The van der Waals surface area contributed by atoms with Gasteiger partial charge < -0.3 is 20.5 Å². The number of aliphatic hydroxyl groups is 1. The van der Waals surface area contributed by atoms with Gasteiger partial charge in [0.1, 0.15) is 11.6 Å². The Morgan fingerprint density at radius 2 is 1.90 bits per heavy atom. The van der Waals surface area contributed by atoms with E-state index >= 15 is 0 Å². The molecule has 0 saturated carbocycles. The smallest absolute Gasteiger partial charge is 0.251 e. The Kier molecular flexibility index (Phi) is 6.48. The van der Waals surface area contributed by atoms with Crippen molar-refractivity contribution in [2.24, 2.45) is 0 Å². The van der Waals surface area contributed by atoms with E-state index in [0.29, 0.717) is 12.0 Å². The number of phenolic OH excluding ortho intramolecular Hbond substituents is 1. The van der Waals surface area contributed by atoms with Gasteiger partial charge in [0.05, 0.1) is 17.7 Å². The lowest BCUT2D eigenvalue weighted by atomic mass is 9.93. The molecule has 0 saturated heterocycles. The Labute approximate surface area is 180 Å². The summed E-state index contributed by atoms with van der Waals surface area (Å²) in [4.78, 5) is 20.2. The van der Waals surface area contributed by atoms with E-state index in [1.165, 1.54) is 18.2 Å². The monoisotopic (exact) mass is 427 g/mol. The number of H-pyrrole nitrogens is 1. The number of amides is 1. The molecule has 2 aromatic carbocycles. The maximum absolute atomic E-state index is 12.4. The van der Waals surface area contributed by atoms with Crippen LogP contribution in [0.1, 0.15) is 42.4 Å². The first-order valence-corrected chi connectivity index (χ1v) is 10.1. The van der Waals surface area contributed by atoms with Gasteiger partial charge >= 0.3 is 0 Å². The van der Waals surface area contributed by atoms with Crippen molar-refractivity contribution in [1.82, 2.24) is 15.3 Å². The van der Waals surface area contributed by atoms with Gasteiger partial charge in [-0.15, -0.1) is 0 Å². The van der Waals surface area contributed by atoms with Crippen LogP contribution in [0.25, 0.3) is 11.4 Å². The minimum absolute atomic E-state index is 0.000525. The Hall–Kier alpha value is -2.83. The van der Waals surface area contributed by atoms with Crippen molar-refractivity contribution in [2.75, 3.05) is 6.61 Å². The van der Waals surface area contributed by atoms with E-state index in [2.05, 4.69) is 36.1 Å². The first-order valence-electron chi connectivity index (χ1n) is 9.72. The molecule has 30 heavy (non-hydrogen) atoms. The van der Waals surface area contributed by atoms with Gasteiger partial charge in [-0.05, 0) is 30.2 Å². The summed E-state index contributed by atoms with van der Waals surface area (Å²) in [6.07, 6.45) is 2.33. The summed E-state index contributed by atoms with van der Waals surface area (Å²) < 4.78 is 0. The summed E-state index contributed by atoms with van der Waals surface area (Å²) in [5.74, 6) is 0.360. The van der Waals surface area contributed by atoms with Crippen molar-refractivity contribution in [3.8, 4) is 17.1 Å². The number of aliphatic hydroxyl groups excluding tert-OH is 1. The fourth-order valence-electron chi connectivity index (χ4n) is 3.01. The van der Waals surface area contributed by atoms with Gasteiger partial charge in [0.2, 0.25) is 0 Å². The van der Waals surface area contributed by atoms with E-state index < -0.39 is 6.04 Å². The third kappa shape index (κ3) is 5.20. The molecule has 0 aliphatic heterocycles. The highest BCUT2D eigenvalue weighted by Gasteiger charge is 2.18. The maximum Gasteiger partial charge on any atom is 0.251 e. The van der Waals surface area contributed by atoms with Crippen LogP contribution >= 0.6 is 11.6 Å². The van der Waals surface area contributed by atoms with Crippen molar-refractivity contribution >= 4 is 17.5 Å². The van der Waals surface area contributed by atoms with Crippen molar-refractivity contribution < 1.29 is 15.0 Å². The molecule has 0 radical (unpaired) electrons. The van der Waals surface area contributed by atoms with Crippen molar-refractivity contribution in [1.29, 1.82) is 0 Å². The molecule has 4 N–H and O–H groups in total. The number of aromatic nitrogens is 2. The number of benzene rings is 2. The van der Waals surface area contributed by atoms with E-state index in [0.717, 1.165) is 22.6 Å². The van der Waals surface area contributed by atoms with Crippen LogP contribution in [0.3, 0.4) is 0 Å². The average molecular weight is 428 g/mol. The summed E-state index contributed by atoms with van der Waals surface area (Å²) in [5.41, 5.74) is 3.33. The number of hydrogen-bond donors (Lipinski definition) is 4. The summed E-state index contributed by atoms with van der Waals surface area (Å²) in [6.45, 7) is 6.18. The fourth-order valence-corrected chi connectivity index (χ4v) is 3.19. The Bertz CT molecular complexity index is 1020. The molecule has 0 fully saturated rings. The van der Waals surface area contributed by atoms with Gasteiger partial charge in [-0.1, -0.05) is 56.6 Å². The number of carbonyl (C=O) groups is 1. The van der Waals surface area contributed by atoms with Crippen LogP contribution in [0.5, 0.6) is 5.75 Å². The largest absolute Gasteiger partial charge is 0.506 e. The highest BCUT2D eigenvalue weighted by atomic mass is 35.5. The quantitative estimate of drug-likeness (QED) is 0.476. The molecule has 3 aromatic rings. The van der Waals surface area contributed by atoms with E-state index in [-0.39, 0.29) is 28.7 Å². The second-order valence-corrected chi connectivity index (χ2v) is 8.72. The average Bonchev–Trinajstić information content (AvgIpc) is 3.21. The maximum atomic E-state index is 12.4. The van der Waals surface area contributed by atoms with E-state index in [4.69, 9.17) is 11.6 Å². The molecule has 0 aliphatic rings. The third-order valence-electron chi connectivity index (χ3n) is 4.86. The summed E-state index contributed by atoms with van der Waals surface area (Å²) in [6, 6.07) is 11.6. The number of phenols is 1. The van der Waals surface area contributed by atoms with Crippen LogP contribution in [-0.2, 0) is 11.8 Å². The lowest BCUT2D eigenvalue weighted by Gasteiger charge is -2.17. The number of nitrogens with zero attached hydrogens (tertiary/aromatic N) is 1. The Balaban J connectivity index is 1.66.